The molecule has 2 rings (SSSR count). The quantitative estimate of drug-likeness (QED) is 0.345. The van der Waals surface area contributed by atoms with E-state index in [4.69, 9.17) is 8.92 Å². The highest BCUT2D eigenvalue weighted by atomic mass is 32.2. The van der Waals surface area contributed by atoms with E-state index in [9.17, 15) is 8.42 Å². The summed E-state index contributed by atoms with van der Waals surface area (Å²) in [6.45, 7) is 4.33. The van der Waals surface area contributed by atoms with E-state index in [-0.39, 0.29) is 4.90 Å². The normalized spacial score (nSPS) is 12.9. The number of aryl methyl sites for hydroxylation is 1. The highest BCUT2D eigenvalue weighted by molar-refractivity contribution is 7.86. The summed E-state index contributed by atoms with van der Waals surface area (Å²) in [7, 11) is -3.84. The van der Waals surface area contributed by atoms with E-state index in [0.717, 1.165) is 30.4 Å². The Morgan fingerprint density at radius 3 is 2.28 bits per heavy atom. The van der Waals surface area contributed by atoms with Gasteiger partial charge in [0.05, 0.1) is 11.5 Å². The molecule has 0 fully saturated rings. The summed E-state index contributed by atoms with van der Waals surface area (Å²) in [6, 6.07) is 16.3. The first-order valence-corrected chi connectivity index (χ1v) is 10.1. The standard InChI is InChI=1S/C20H26O4S/c1-3-4-6-11-20(23-16-18-9-7-5-8-10-18)24-25(21,22)19-14-12-17(2)13-15-19/h5,7-10,12-15,20H,3-4,6,11,16H2,1-2H3. The van der Waals surface area contributed by atoms with E-state index in [1.807, 2.05) is 37.3 Å². The van der Waals surface area contributed by atoms with Crippen molar-refractivity contribution in [2.24, 2.45) is 0 Å². The number of ether oxygens (including phenoxy) is 1. The SMILES string of the molecule is CCCCCC(OCc1ccccc1)OS(=O)(=O)c1ccc(C)cc1. The van der Waals surface area contributed by atoms with Gasteiger partial charge >= 0.3 is 0 Å². The summed E-state index contributed by atoms with van der Waals surface area (Å²) in [4.78, 5) is 0.155. The molecule has 0 aromatic heterocycles. The van der Waals surface area contributed by atoms with Crippen molar-refractivity contribution < 1.29 is 17.3 Å². The van der Waals surface area contributed by atoms with Gasteiger partial charge in [-0.1, -0.05) is 67.8 Å². The largest absolute Gasteiger partial charge is 0.347 e. The Bertz CT molecular complexity index is 724. The molecule has 0 bridgehead atoms. The summed E-state index contributed by atoms with van der Waals surface area (Å²) in [5, 5.41) is 0. The second kappa shape index (κ2) is 9.70. The van der Waals surface area contributed by atoms with Crippen LogP contribution in [0.3, 0.4) is 0 Å². The lowest BCUT2D eigenvalue weighted by Crippen LogP contribution is -2.22. The van der Waals surface area contributed by atoms with Gasteiger partial charge in [0.15, 0.2) is 6.29 Å². The third-order valence-electron chi connectivity index (χ3n) is 3.87. The van der Waals surface area contributed by atoms with Gasteiger partial charge in [-0.05, 0) is 37.5 Å². The molecule has 0 spiro atoms. The van der Waals surface area contributed by atoms with E-state index in [2.05, 4.69) is 6.92 Å². The van der Waals surface area contributed by atoms with Crippen LogP contribution in [-0.2, 0) is 25.6 Å². The number of rotatable bonds is 10. The average molecular weight is 362 g/mol. The van der Waals surface area contributed by atoms with E-state index in [0.29, 0.717) is 13.0 Å². The molecule has 0 heterocycles. The minimum absolute atomic E-state index is 0.155. The Hall–Kier alpha value is -1.69. The van der Waals surface area contributed by atoms with Gasteiger partial charge in [-0.15, -0.1) is 0 Å². The second-order valence-electron chi connectivity index (χ2n) is 6.09. The van der Waals surface area contributed by atoms with Crippen LogP contribution < -0.4 is 0 Å². The molecule has 0 aliphatic heterocycles. The van der Waals surface area contributed by atoms with Gasteiger partial charge in [0, 0.05) is 0 Å². The molecule has 2 aromatic rings. The van der Waals surface area contributed by atoms with Crippen LogP contribution in [0.25, 0.3) is 0 Å². The van der Waals surface area contributed by atoms with Crippen LogP contribution in [0.1, 0.15) is 43.7 Å². The van der Waals surface area contributed by atoms with Crippen molar-refractivity contribution in [2.45, 2.75) is 57.3 Å². The van der Waals surface area contributed by atoms with Crippen LogP contribution >= 0.6 is 0 Å². The molecule has 0 saturated heterocycles. The van der Waals surface area contributed by atoms with Crippen LogP contribution in [0.15, 0.2) is 59.5 Å². The number of hydrogen-bond acceptors (Lipinski definition) is 4. The fourth-order valence-corrected chi connectivity index (χ4v) is 3.40. The van der Waals surface area contributed by atoms with Gasteiger partial charge < -0.3 is 4.74 Å². The van der Waals surface area contributed by atoms with E-state index in [1.165, 1.54) is 0 Å². The molecule has 0 radical (unpaired) electrons. The number of hydrogen-bond donors (Lipinski definition) is 0. The van der Waals surface area contributed by atoms with Crippen molar-refractivity contribution in [3.8, 4) is 0 Å². The van der Waals surface area contributed by atoms with Crippen LogP contribution in [0.5, 0.6) is 0 Å². The van der Waals surface area contributed by atoms with Crippen molar-refractivity contribution in [2.75, 3.05) is 0 Å². The van der Waals surface area contributed by atoms with Gasteiger partial charge in [-0.25, -0.2) is 4.18 Å². The number of benzene rings is 2. The minimum atomic E-state index is -3.84. The van der Waals surface area contributed by atoms with Crippen molar-refractivity contribution in [1.82, 2.24) is 0 Å². The predicted molar refractivity (Wildman–Crippen MR) is 98.6 cm³/mol. The lowest BCUT2D eigenvalue weighted by atomic mass is 10.2. The van der Waals surface area contributed by atoms with E-state index in [1.54, 1.807) is 24.3 Å². The van der Waals surface area contributed by atoms with Crippen molar-refractivity contribution in [3.63, 3.8) is 0 Å². The first kappa shape index (κ1) is 19.6. The third-order valence-corrected chi connectivity index (χ3v) is 5.18. The summed E-state index contributed by atoms with van der Waals surface area (Å²) in [5.74, 6) is 0. The number of unbranched alkanes of at least 4 members (excludes halogenated alkanes) is 2. The molecule has 0 N–H and O–H groups in total. The third kappa shape index (κ3) is 6.61. The molecule has 136 valence electrons. The Morgan fingerprint density at radius 1 is 0.960 bits per heavy atom. The van der Waals surface area contributed by atoms with Crippen LogP contribution in [-0.4, -0.2) is 14.7 Å². The average Bonchev–Trinajstić information content (AvgIpc) is 2.61. The van der Waals surface area contributed by atoms with E-state index < -0.39 is 16.4 Å². The summed E-state index contributed by atoms with van der Waals surface area (Å²) in [6.07, 6.45) is 2.69. The Labute approximate surface area is 150 Å². The molecule has 25 heavy (non-hydrogen) atoms. The van der Waals surface area contributed by atoms with Gasteiger partial charge in [0.2, 0.25) is 0 Å². The first-order chi connectivity index (χ1) is 12.0. The molecule has 1 unspecified atom stereocenters. The molecule has 4 nitrogen and oxygen atoms in total. The molecular formula is C20H26O4S. The minimum Gasteiger partial charge on any atom is -0.347 e. The molecular weight excluding hydrogens is 336 g/mol. The maximum Gasteiger partial charge on any atom is 0.299 e. The maximum atomic E-state index is 12.5. The fourth-order valence-electron chi connectivity index (χ4n) is 2.39. The van der Waals surface area contributed by atoms with Gasteiger partial charge in [-0.2, -0.15) is 8.42 Å². The molecule has 0 amide bonds. The zero-order valence-corrected chi connectivity index (χ0v) is 15.7. The lowest BCUT2D eigenvalue weighted by Gasteiger charge is -2.18. The van der Waals surface area contributed by atoms with Crippen LogP contribution in [0.2, 0.25) is 0 Å². The predicted octanol–water partition coefficient (Wildman–Crippen LogP) is 4.82. The smallest absolute Gasteiger partial charge is 0.299 e. The molecule has 2 aromatic carbocycles. The van der Waals surface area contributed by atoms with Gasteiger partial charge in [0.25, 0.3) is 10.1 Å². The van der Waals surface area contributed by atoms with E-state index >= 15 is 0 Å². The van der Waals surface area contributed by atoms with Crippen molar-refractivity contribution >= 4 is 10.1 Å². The molecule has 0 aliphatic carbocycles. The highest BCUT2D eigenvalue weighted by Crippen LogP contribution is 2.19. The Kier molecular flexibility index (Phi) is 7.62. The van der Waals surface area contributed by atoms with Crippen LogP contribution in [0.4, 0.5) is 0 Å². The van der Waals surface area contributed by atoms with Crippen molar-refractivity contribution in [1.29, 1.82) is 0 Å². The molecule has 0 saturated carbocycles. The summed E-state index contributed by atoms with van der Waals surface area (Å²) < 4.78 is 36.1. The Balaban J connectivity index is 2.04. The monoisotopic (exact) mass is 362 g/mol. The second-order valence-corrected chi connectivity index (χ2v) is 7.66. The first-order valence-electron chi connectivity index (χ1n) is 8.67. The van der Waals surface area contributed by atoms with Gasteiger partial charge in [0.1, 0.15) is 0 Å². The zero-order chi connectivity index (χ0) is 18.1. The maximum absolute atomic E-state index is 12.5. The van der Waals surface area contributed by atoms with Crippen molar-refractivity contribution in [3.05, 3.63) is 65.7 Å². The Morgan fingerprint density at radius 2 is 1.64 bits per heavy atom. The topological polar surface area (TPSA) is 52.6 Å². The van der Waals surface area contributed by atoms with Gasteiger partial charge in [-0.3, -0.25) is 0 Å². The summed E-state index contributed by atoms with van der Waals surface area (Å²) in [5.41, 5.74) is 1.98. The zero-order valence-electron chi connectivity index (χ0n) is 14.9. The highest BCUT2D eigenvalue weighted by Gasteiger charge is 2.22. The van der Waals surface area contributed by atoms with Crippen LogP contribution in [0, 0.1) is 6.92 Å². The fraction of sp³-hybridized carbons (Fsp3) is 0.400. The lowest BCUT2D eigenvalue weighted by molar-refractivity contribution is -0.0908. The molecule has 5 heteroatoms. The molecule has 1 atom stereocenters. The molecule has 0 aliphatic rings. The summed E-state index contributed by atoms with van der Waals surface area (Å²) >= 11 is 0.